The number of hydrogen-bond donors (Lipinski definition) is 1. The Kier molecular flexibility index (Phi) is 9.48. The smallest absolute Gasteiger partial charge is 0.242 e. The van der Waals surface area contributed by atoms with Crippen molar-refractivity contribution < 1.29 is 14.0 Å². The van der Waals surface area contributed by atoms with Crippen LogP contribution in [0.4, 0.5) is 4.39 Å². The first-order valence-corrected chi connectivity index (χ1v) is 11.0. The molecule has 0 aliphatic rings. The van der Waals surface area contributed by atoms with Crippen molar-refractivity contribution in [1.82, 2.24) is 10.2 Å². The predicted molar refractivity (Wildman–Crippen MR) is 117 cm³/mol. The Balaban J connectivity index is 2.03. The molecule has 7 heteroatoms. The van der Waals surface area contributed by atoms with Gasteiger partial charge in [0.15, 0.2) is 0 Å². The van der Waals surface area contributed by atoms with E-state index in [0.717, 1.165) is 16.9 Å². The minimum absolute atomic E-state index is 0.116. The van der Waals surface area contributed by atoms with Crippen LogP contribution >= 0.6 is 23.4 Å². The topological polar surface area (TPSA) is 49.4 Å². The van der Waals surface area contributed by atoms with E-state index in [9.17, 15) is 14.0 Å². The molecule has 2 aromatic rings. The molecule has 0 saturated heterocycles. The third kappa shape index (κ3) is 7.71. The van der Waals surface area contributed by atoms with Crippen molar-refractivity contribution in [2.24, 2.45) is 0 Å². The second-order valence-corrected chi connectivity index (χ2v) is 8.27. The first-order valence-electron chi connectivity index (χ1n) is 9.60. The van der Waals surface area contributed by atoms with Crippen molar-refractivity contribution in [3.05, 3.63) is 64.9 Å². The molecule has 29 heavy (non-hydrogen) atoms. The van der Waals surface area contributed by atoms with Crippen LogP contribution < -0.4 is 5.32 Å². The average Bonchev–Trinajstić information content (AvgIpc) is 2.72. The van der Waals surface area contributed by atoms with Gasteiger partial charge in [-0.2, -0.15) is 0 Å². The number of nitrogens with one attached hydrogen (secondary N) is 1. The maximum atomic E-state index is 13.2. The summed E-state index contributed by atoms with van der Waals surface area (Å²) in [7, 11) is 0. The molecule has 0 aromatic heterocycles. The Hall–Kier alpha value is -2.05. The van der Waals surface area contributed by atoms with E-state index in [0.29, 0.717) is 23.7 Å². The molecule has 0 bridgehead atoms. The van der Waals surface area contributed by atoms with Crippen molar-refractivity contribution in [2.45, 2.75) is 44.2 Å². The highest BCUT2D eigenvalue weighted by molar-refractivity contribution is 7.99. The van der Waals surface area contributed by atoms with Gasteiger partial charge in [-0.15, -0.1) is 11.8 Å². The fourth-order valence-electron chi connectivity index (χ4n) is 2.70. The number of nitrogens with zero attached hydrogens (tertiary/aromatic N) is 1. The third-order valence-electron chi connectivity index (χ3n) is 4.38. The zero-order chi connectivity index (χ0) is 21.2. The van der Waals surface area contributed by atoms with E-state index in [4.69, 9.17) is 11.6 Å². The Morgan fingerprint density at radius 2 is 1.79 bits per heavy atom. The van der Waals surface area contributed by atoms with E-state index in [2.05, 4.69) is 5.32 Å². The number of thioether (sulfide) groups is 1. The number of hydrogen-bond acceptors (Lipinski definition) is 3. The van der Waals surface area contributed by atoms with Gasteiger partial charge in [-0.25, -0.2) is 4.39 Å². The molecule has 0 saturated carbocycles. The Bertz CT molecular complexity index is 799. The summed E-state index contributed by atoms with van der Waals surface area (Å²) in [6, 6.07) is 12.8. The Morgan fingerprint density at radius 1 is 1.14 bits per heavy atom. The molecule has 0 radical (unpaired) electrons. The van der Waals surface area contributed by atoms with Crippen LogP contribution in [-0.2, 0) is 16.1 Å². The fraction of sp³-hybridized carbons (Fsp3) is 0.364. The van der Waals surface area contributed by atoms with E-state index in [1.807, 2.05) is 31.2 Å². The molecule has 2 amide bonds. The second-order valence-electron chi connectivity index (χ2n) is 6.67. The lowest BCUT2D eigenvalue weighted by Crippen LogP contribution is -2.47. The van der Waals surface area contributed by atoms with Gasteiger partial charge >= 0.3 is 0 Å². The van der Waals surface area contributed by atoms with Gasteiger partial charge in [0.2, 0.25) is 11.8 Å². The lowest BCUT2D eigenvalue weighted by Gasteiger charge is -2.29. The standard InChI is InChI=1S/C22H26ClFN2O2S/c1-3-13-25-22(28)16(2)26(15-17-4-8-19(24)9-5-17)21(27)12-14-29-20-10-6-18(23)7-11-20/h4-11,16H,3,12-15H2,1-2H3,(H,25,28)/t16-/m1/s1. The van der Waals surface area contributed by atoms with Gasteiger partial charge in [0.05, 0.1) is 0 Å². The quantitative estimate of drug-likeness (QED) is 0.538. The number of amides is 2. The summed E-state index contributed by atoms with van der Waals surface area (Å²) in [6.45, 7) is 4.51. The van der Waals surface area contributed by atoms with Crippen LogP contribution in [0, 0.1) is 5.82 Å². The van der Waals surface area contributed by atoms with Crippen molar-refractivity contribution in [2.75, 3.05) is 12.3 Å². The molecule has 2 aromatic carbocycles. The summed E-state index contributed by atoms with van der Waals surface area (Å²) in [5.41, 5.74) is 0.778. The van der Waals surface area contributed by atoms with Crippen LogP contribution in [0.3, 0.4) is 0 Å². The molecule has 0 fully saturated rings. The lowest BCUT2D eigenvalue weighted by atomic mass is 10.1. The fourth-order valence-corrected chi connectivity index (χ4v) is 3.66. The summed E-state index contributed by atoms with van der Waals surface area (Å²) in [5.74, 6) is -0.0497. The minimum atomic E-state index is -0.611. The Labute approximate surface area is 180 Å². The third-order valence-corrected chi connectivity index (χ3v) is 5.65. The zero-order valence-electron chi connectivity index (χ0n) is 16.7. The molecule has 0 aliphatic carbocycles. The van der Waals surface area contributed by atoms with Gasteiger partial charge in [-0.1, -0.05) is 30.7 Å². The van der Waals surface area contributed by atoms with Gasteiger partial charge in [0, 0.05) is 35.2 Å². The highest BCUT2D eigenvalue weighted by Gasteiger charge is 2.25. The second kappa shape index (κ2) is 11.8. The number of benzene rings is 2. The van der Waals surface area contributed by atoms with E-state index in [1.54, 1.807) is 35.7 Å². The van der Waals surface area contributed by atoms with Crippen LogP contribution in [0.1, 0.15) is 32.3 Å². The van der Waals surface area contributed by atoms with E-state index in [1.165, 1.54) is 12.1 Å². The summed E-state index contributed by atoms with van der Waals surface area (Å²) < 4.78 is 13.2. The van der Waals surface area contributed by atoms with Crippen LogP contribution in [0.2, 0.25) is 5.02 Å². The average molecular weight is 437 g/mol. The van der Waals surface area contributed by atoms with Gasteiger partial charge in [0.1, 0.15) is 11.9 Å². The van der Waals surface area contributed by atoms with E-state index in [-0.39, 0.29) is 24.2 Å². The van der Waals surface area contributed by atoms with E-state index < -0.39 is 6.04 Å². The first-order chi connectivity index (χ1) is 13.9. The highest BCUT2D eigenvalue weighted by Crippen LogP contribution is 2.22. The number of carbonyl (C=O) groups excluding carboxylic acids is 2. The normalized spacial score (nSPS) is 11.7. The van der Waals surface area contributed by atoms with Crippen LogP contribution in [0.25, 0.3) is 0 Å². The summed E-state index contributed by atoms with van der Waals surface area (Å²) in [6.07, 6.45) is 1.11. The molecule has 156 valence electrons. The van der Waals surface area contributed by atoms with Gasteiger partial charge in [-0.05, 0) is 55.3 Å². The molecular weight excluding hydrogens is 411 g/mol. The number of halogens is 2. The molecule has 4 nitrogen and oxygen atoms in total. The number of rotatable bonds is 10. The summed E-state index contributed by atoms with van der Waals surface area (Å²) in [5, 5.41) is 3.51. The van der Waals surface area contributed by atoms with Crippen molar-refractivity contribution in [3.63, 3.8) is 0 Å². The Morgan fingerprint density at radius 3 is 2.41 bits per heavy atom. The van der Waals surface area contributed by atoms with E-state index >= 15 is 0 Å². The van der Waals surface area contributed by atoms with Crippen LogP contribution in [0.15, 0.2) is 53.4 Å². The highest BCUT2D eigenvalue weighted by atomic mass is 35.5. The van der Waals surface area contributed by atoms with Crippen LogP contribution in [0.5, 0.6) is 0 Å². The molecule has 0 unspecified atom stereocenters. The van der Waals surface area contributed by atoms with Crippen molar-refractivity contribution >= 4 is 35.2 Å². The molecule has 1 N–H and O–H groups in total. The first kappa shape index (κ1) is 23.2. The largest absolute Gasteiger partial charge is 0.354 e. The number of carbonyl (C=O) groups is 2. The van der Waals surface area contributed by atoms with Gasteiger partial charge in [0.25, 0.3) is 0 Å². The lowest BCUT2D eigenvalue weighted by molar-refractivity contribution is -0.140. The maximum absolute atomic E-state index is 13.2. The molecule has 2 rings (SSSR count). The molecule has 0 heterocycles. The van der Waals surface area contributed by atoms with Crippen LogP contribution in [-0.4, -0.2) is 35.1 Å². The predicted octanol–water partition coefficient (Wildman–Crippen LogP) is 4.90. The molecular formula is C22H26ClFN2O2S. The monoisotopic (exact) mass is 436 g/mol. The van der Waals surface area contributed by atoms with Crippen molar-refractivity contribution in [3.8, 4) is 0 Å². The van der Waals surface area contributed by atoms with Gasteiger partial charge < -0.3 is 10.2 Å². The summed E-state index contributed by atoms with van der Waals surface area (Å²) in [4.78, 5) is 27.9. The summed E-state index contributed by atoms with van der Waals surface area (Å²) >= 11 is 7.45. The maximum Gasteiger partial charge on any atom is 0.242 e. The zero-order valence-corrected chi connectivity index (χ0v) is 18.2. The minimum Gasteiger partial charge on any atom is -0.354 e. The molecule has 0 aliphatic heterocycles. The molecule has 0 spiro atoms. The molecule has 1 atom stereocenters. The van der Waals surface area contributed by atoms with Crippen molar-refractivity contribution in [1.29, 1.82) is 0 Å². The van der Waals surface area contributed by atoms with Gasteiger partial charge in [-0.3, -0.25) is 9.59 Å². The SMILES string of the molecule is CCCNC(=O)[C@@H](C)N(Cc1ccc(F)cc1)C(=O)CCSc1ccc(Cl)cc1.